The van der Waals surface area contributed by atoms with Crippen molar-refractivity contribution in [3.8, 4) is 0 Å². The van der Waals surface area contributed by atoms with Gasteiger partial charge < -0.3 is 5.32 Å². The minimum Gasteiger partial charge on any atom is -0.371 e. The Labute approximate surface area is 86.6 Å². The van der Waals surface area contributed by atoms with E-state index in [0.717, 1.165) is 5.69 Å². The summed E-state index contributed by atoms with van der Waals surface area (Å²) in [6, 6.07) is -0.449. The van der Waals surface area contributed by atoms with Crippen molar-refractivity contribution in [3.05, 3.63) is 12.4 Å². The van der Waals surface area contributed by atoms with Crippen molar-refractivity contribution in [1.29, 1.82) is 0 Å². The number of hydrogen-bond donors (Lipinski definition) is 2. The summed E-state index contributed by atoms with van der Waals surface area (Å²) >= 11 is 0. The van der Waals surface area contributed by atoms with Crippen molar-refractivity contribution in [3.63, 3.8) is 0 Å². The van der Waals surface area contributed by atoms with Crippen molar-refractivity contribution in [2.24, 2.45) is 0 Å². The largest absolute Gasteiger partial charge is 0.371 e. The monoisotopic (exact) mass is 208 g/mol. The van der Waals surface area contributed by atoms with E-state index in [9.17, 15) is 9.59 Å². The van der Waals surface area contributed by atoms with Crippen molar-refractivity contribution in [2.75, 3.05) is 11.9 Å². The van der Waals surface area contributed by atoms with E-state index in [1.165, 1.54) is 4.90 Å². The van der Waals surface area contributed by atoms with E-state index < -0.39 is 6.04 Å². The second kappa shape index (κ2) is 3.72. The van der Waals surface area contributed by atoms with Gasteiger partial charge >= 0.3 is 0 Å². The number of H-pyrrole nitrogens is 1. The summed E-state index contributed by atoms with van der Waals surface area (Å²) in [5.74, 6) is -0.285. The molecule has 1 aromatic rings. The van der Waals surface area contributed by atoms with Gasteiger partial charge in [0, 0.05) is 12.7 Å². The molecule has 2 rings (SSSR count). The van der Waals surface area contributed by atoms with Gasteiger partial charge in [-0.25, -0.2) is 0 Å². The van der Waals surface area contributed by atoms with E-state index >= 15 is 0 Å². The predicted octanol–water partition coefficient (Wildman–Crippen LogP) is -0.0310. The van der Waals surface area contributed by atoms with Gasteiger partial charge in [0.05, 0.1) is 18.3 Å². The topological polar surface area (TPSA) is 78.1 Å². The number of aromatic amines is 1. The van der Waals surface area contributed by atoms with Gasteiger partial charge in [0.15, 0.2) is 0 Å². The SMILES string of the molecule is CCN1C(=O)CC(Nc2cn[nH]c2)C1=O. The summed E-state index contributed by atoms with van der Waals surface area (Å²) in [5.41, 5.74) is 0.721. The number of likely N-dealkylation sites (tertiary alicyclic amines) is 1. The second-order valence-electron chi connectivity index (χ2n) is 3.36. The Morgan fingerprint density at radius 1 is 1.67 bits per heavy atom. The number of hydrogen-bond acceptors (Lipinski definition) is 4. The molecule has 1 atom stereocenters. The van der Waals surface area contributed by atoms with Gasteiger partial charge in [-0.2, -0.15) is 5.10 Å². The standard InChI is InChI=1S/C9H12N4O2/c1-2-13-8(14)3-7(9(13)15)12-6-4-10-11-5-6/h4-5,7,12H,2-3H2,1H3,(H,10,11). The van der Waals surface area contributed by atoms with E-state index in [4.69, 9.17) is 0 Å². The lowest BCUT2D eigenvalue weighted by Crippen LogP contribution is -2.34. The molecular formula is C9H12N4O2. The third-order valence-corrected chi connectivity index (χ3v) is 2.40. The van der Waals surface area contributed by atoms with Crippen LogP contribution in [0.1, 0.15) is 13.3 Å². The van der Waals surface area contributed by atoms with E-state index in [0.29, 0.717) is 6.54 Å². The minimum absolute atomic E-state index is 0.122. The number of nitrogens with one attached hydrogen (secondary N) is 2. The molecule has 2 heterocycles. The maximum Gasteiger partial charge on any atom is 0.252 e. The van der Waals surface area contributed by atoms with Gasteiger partial charge in [0.25, 0.3) is 5.91 Å². The Kier molecular flexibility index (Phi) is 2.40. The van der Waals surface area contributed by atoms with E-state index in [1.54, 1.807) is 19.3 Å². The molecule has 1 aromatic heterocycles. The predicted molar refractivity (Wildman–Crippen MR) is 53.0 cm³/mol. The molecule has 0 spiro atoms. The number of nitrogens with zero attached hydrogens (tertiary/aromatic N) is 2. The maximum atomic E-state index is 11.7. The van der Waals surface area contributed by atoms with Crippen LogP contribution in [0.2, 0.25) is 0 Å². The highest BCUT2D eigenvalue weighted by Crippen LogP contribution is 2.16. The van der Waals surface area contributed by atoms with Crippen LogP contribution >= 0.6 is 0 Å². The third kappa shape index (κ3) is 1.70. The van der Waals surface area contributed by atoms with Crippen LogP contribution in [0.15, 0.2) is 12.4 Å². The normalized spacial score (nSPS) is 21.1. The molecule has 80 valence electrons. The summed E-state index contributed by atoms with van der Waals surface area (Å²) in [6.07, 6.45) is 3.44. The zero-order valence-electron chi connectivity index (χ0n) is 8.36. The van der Waals surface area contributed by atoms with Crippen molar-refractivity contribution < 1.29 is 9.59 Å². The summed E-state index contributed by atoms with van der Waals surface area (Å²) in [6.45, 7) is 2.22. The Morgan fingerprint density at radius 3 is 3.00 bits per heavy atom. The molecule has 0 saturated carbocycles. The molecule has 0 bridgehead atoms. The quantitative estimate of drug-likeness (QED) is 0.684. The molecule has 2 amide bonds. The van der Waals surface area contributed by atoms with Gasteiger partial charge in [0.1, 0.15) is 6.04 Å². The van der Waals surface area contributed by atoms with Gasteiger partial charge in [-0.3, -0.25) is 19.6 Å². The lowest BCUT2D eigenvalue weighted by molar-refractivity contribution is -0.138. The molecule has 1 saturated heterocycles. The number of carbonyl (C=O) groups excluding carboxylic acids is 2. The fourth-order valence-electron chi connectivity index (χ4n) is 1.66. The van der Waals surface area contributed by atoms with E-state index in [2.05, 4.69) is 15.5 Å². The van der Waals surface area contributed by atoms with Gasteiger partial charge in [-0.05, 0) is 6.92 Å². The number of amides is 2. The van der Waals surface area contributed by atoms with Crippen LogP contribution < -0.4 is 5.32 Å². The molecule has 0 aliphatic carbocycles. The third-order valence-electron chi connectivity index (χ3n) is 2.40. The number of aromatic nitrogens is 2. The first-order valence-corrected chi connectivity index (χ1v) is 4.82. The van der Waals surface area contributed by atoms with Crippen molar-refractivity contribution in [1.82, 2.24) is 15.1 Å². The number of carbonyl (C=O) groups is 2. The molecule has 1 aliphatic rings. The number of anilines is 1. The molecule has 2 N–H and O–H groups in total. The Morgan fingerprint density at radius 2 is 2.47 bits per heavy atom. The highest BCUT2D eigenvalue weighted by molar-refractivity contribution is 6.06. The number of rotatable bonds is 3. The Balaban J connectivity index is 2.06. The van der Waals surface area contributed by atoms with Gasteiger partial charge in [-0.1, -0.05) is 0 Å². The Hall–Kier alpha value is -1.85. The van der Waals surface area contributed by atoms with Crippen LogP contribution in [0.25, 0.3) is 0 Å². The molecule has 1 aliphatic heterocycles. The average Bonchev–Trinajstić information content (AvgIpc) is 2.78. The lowest BCUT2D eigenvalue weighted by atomic mass is 10.2. The molecule has 0 aromatic carbocycles. The summed E-state index contributed by atoms with van der Waals surface area (Å²) < 4.78 is 0. The molecule has 6 heteroatoms. The molecule has 0 radical (unpaired) electrons. The van der Waals surface area contributed by atoms with Crippen LogP contribution in [-0.4, -0.2) is 39.5 Å². The first kappa shape index (κ1) is 9.70. The van der Waals surface area contributed by atoms with Crippen molar-refractivity contribution in [2.45, 2.75) is 19.4 Å². The van der Waals surface area contributed by atoms with Crippen LogP contribution in [0, 0.1) is 0 Å². The van der Waals surface area contributed by atoms with Crippen molar-refractivity contribution >= 4 is 17.5 Å². The molecule has 6 nitrogen and oxygen atoms in total. The van der Waals surface area contributed by atoms with Crippen LogP contribution in [0.4, 0.5) is 5.69 Å². The fourth-order valence-corrected chi connectivity index (χ4v) is 1.66. The zero-order valence-corrected chi connectivity index (χ0v) is 8.36. The zero-order chi connectivity index (χ0) is 10.8. The average molecular weight is 208 g/mol. The lowest BCUT2D eigenvalue weighted by Gasteiger charge is -2.12. The first-order valence-electron chi connectivity index (χ1n) is 4.82. The van der Waals surface area contributed by atoms with Gasteiger partial charge in [-0.15, -0.1) is 0 Å². The highest BCUT2D eigenvalue weighted by Gasteiger charge is 2.37. The van der Waals surface area contributed by atoms with Gasteiger partial charge in [0.2, 0.25) is 5.91 Å². The first-order chi connectivity index (χ1) is 7.22. The number of imide groups is 1. The van der Waals surface area contributed by atoms with Crippen LogP contribution in [0.3, 0.4) is 0 Å². The smallest absolute Gasteiger partial charge is 0.252 e. The fraction of sp³-hybridized carbons (Fsp3) is 0.444. The maximum absolute atomic E-state index is 11.7. The van der Waals surface area contributed by atoms with Crippen LogP contribution in [0.5, 0.6) is 0 Å². The van der Waals surface area contributed by atoms with Crippen LogP contribution in [-0.2, 0) is 9.59 Å². The molecular weight excluding hydrogens is 196 g/mol. The molecule has 15 heavy (non-hydrogen) atoms. The molecule has 1 fully saturated rings. The summed E-state index contributed by atoms with van der Waals surface area (Å²) in [5, 5.41) is 9.34. The van der Waals surface area contributed by atoms with E-state index in [-0.39, 0.29) is 18.2 Å². The minimum atomic E-state index is -0.449. The summed E-state index contributed by atoms with van der Waals surface area (Å²) in [7, 11) is 0. The number of likely N-dealkylation sites (N-methyl/N-ethyl adjacent to an activating group) is 1. The van der Waals surface area contributed by atoms with E-state index in [1.807, 2.05) is 0 Å². The second-order valence-corrected chi connectivity index (χ2v) is 3.36. The molecule has 1 unspecified atom stereocenters. The highest BCUT2D eigenvalue weighted by atomic mass is 16.2. The summed E-state index contributed by atoms with van der Waals surface area (Å²) in [4.78, 5) is 24.3. The Bertz CT molecular complexity index is 373.